The topological polar surface area (TPSA) is 40.4 Å². The van der Waals surface area contributed by atoms with Crippen LogP contribution in [0.1, 0.15) is 10.4 Å². The van der Waals surface area contributed by atoms with Crippen LogP contribution in [0.5, 0.6) is 5.75 Å². The molecule has 0 atom stereocenters. The van der Waals surface area contributed by atoms with Crippen molar-refractivity contribution in [1.29, 1.82) is 0 Å². The highest BCUT2D eigenvalue weighted by Crippen LogP contribution is 2.30. The summed E-state index contributed by atoms with van der Waals surface area (Å²) in [5.74, 6) is -0.204. The molecule has 3 nitrogen and oxygen atoms in total. The van der Waals surface area contributed by atoms with Crippen LogP contribution >= 0.6 is 23.2 Å². The number of hydrogen-bond acceptors (Lipinski definition) is 2. The van der Waals surface area contributed by atoms with E-state index in [0.29, 0.717) is 16.5 Å². The lowest BCUT2D eigenvalue weighted by Gasteiger charge is -2.24. The minimum atomic E-state index is -0.564. The lowest BCUT2D eigenvalue weighted by molar-refractivity contribution is 0.0736. The van der Waals surface area contributed by atoms with Crippen molar-refractivity contribution < 1.29 is 9.53 Å². The fourth-order valence-electron chi connectivity index (χ4n) is 2.10. The van der Waals surface area contributed by atoms with Crippen molar-refractivity contribution in [1.82, 2.24) is 0 Å². The number of halogens is 2. The summed E-state index contributed by atoms with van der Waals surface area (Å²) in [6, 6.07) is 8.04. The SMILES string of the molecule is C=c1ccc(OC(=O)c2ccc(Cl)cc2Cl)c2c1=CC=C[N-]2. The van der Waals surface area contributed by atoms with Gasteiger partial charge < -0.3 is 10.1 Å². The van der Waals surface area contributed by atoms with Crippen molar-refractivity contribution in [2.45, 2.75) is 0 Å². The predicted octanol–water partition coefficient (Wildman–Crippen LogP) is 3.94. The lowest BCUT2D eigenvalue weighted by Crippen LogP contribution is -2.25. The van der Waals surface area contributed by atoms with Crippen LogP contribution in [-0.2, 0) is 0 Å². The van der Waals surface area contributed by atoms with Gasteiger partial charge in [-0.15, -0.1) is 0 Å². The third-order valence-electron chi connectivity index (χ3n) is 3.18. The van der Waals surface area contributed by atoms with Gasteiger partial charge in [-0.2, -0.15) is 6.20 Å². The summed E-state index contributed by atoms with van der Waals surface area (Å²) in [4.78, 5) is 12.3. The molecule has 0 N–H and O–H groups in total. The molecule has 1 aliphatic rings. The highest BCUT2D eigenvalue weighted by atomic mass is 35.5. The molecule has 0 saturated heterocycles. The molecule has 3 rings (SSSR count). The first-order chi connectivity index (χ1) is 10.6. The van der Waals surface area contributed by atoms with Crippen molar-refractivity contribution in [2.75, 3.05) is 0 Å². The molecule has 2 aromatic carbocycles. The summed E-state index contributed by atoms with van der Waals surface area (Å²) in [6.45, 7) is 3.93. The zero-order valence-corrected chi connectivity index (χ0v) is 12.9. The maximum Gasteiger partial charge on any atom is 0.345 e. The quantitative estimate of drug-likeness (QED) is 0.618. The second kappa shape index (κ2) is 5.87. The highest BCUT2D eigenvalue weighted by Gasteiger charge is 2.14. The number of nitrogens with zero attached hydrogens (tertiary/aromatic N) is 1. The van der Waals surface area contributed by atoms with Crippen LogP contribution in [0.2, 0.25) is 10.0 Å². The fourth-order valence-corrected chi connectivity index (χ4v) is 2.58. The maximum atomic E-state index is 12.3. The van der Waals surface area contributed by atoms with E-state index in [2.05, 4.69) is 11.9 Å². The summed E-state index contributed by atoms with van der Waals surface area (Å²) >= 11 is 11.8. The van der Waals surface area contributed by atoms with Crippen LogP contribution in [0.25, 0.3) is 18.0 Å². The zero-order valence-electron chi connectivity index (χ0n) is 11.3. The zero-order chi connectivity index (χ0) is 15.7. The van der Waals surface area contributed by atoms with Crippen LogP contribution in [0.4, 0.5) is 5.69 Å². The van der Waals surface area contributed by atoms with Crippen LogP contribution in [-0.4, -0.2) is 5.97 Å². The van der Waals surface area contributed by atoms with Gasteiger partial charge in [0, 0.05) is 5.02 Å². The number of esters is 1. The first-order valence-electron chi connectivity index (χ1n) is 6.43. The molecule has 0 spiro atoms. The normalized spacial score (nSPS) is 12.1. The second-order valence-electron chi connectivity index (χ2n) is 4.64. The lowest BCUT2D eigenvalue weighted by atomic mass is 10.1. The monoisotopic (exact) mass is 330 g/mol. The molecule has 0 radical (unpaired) electrons. The average molecular weight is 331 g/mol. The van der Waals surface area contributed by atoms with Gasteiger partial charge >= 0.3 is 5.97 Å². The van der Waals surface area contributed by atoms with Crippen LogP contribution < -0.4 is 15.2 Å². The van der Waals surface area contributed by atoms with E-state index in [1.807, 2.05) is 6.08 Å². The number of ether oxygens (including phenoxy) is 1. The number of carbonyl (C=O) groups is 1. The Kier molecular flexibility index (Phi) is 3.92. The average Bonchev–Trinajstić information content (AvgIpc) is 2.50. The third kappa shape index (κ3) is 2.73. The van der Waals surface area contributed by atoms with Crippen molar-refractivity contribution >= 4 is 47.5 Å². The Morgan fingerprint density at radius 1 is 1.18 bits per heavy atom. The van der Waals surface area contributed by atoms with E-state index in [4.69, 9.17) is 27.9 Å². The van der Waals surface area contributed by atoms with E-state index in [1.54, 1.807) is 30.5 Å². The molecule has 1 heterocycles. The Morgan fingerprint density at radius 3 is 2.77 bits per heavy atom. The van der Waals surface area contributed by atoms with Crippen molar-refractivity contribution in [3.63, 3.8) is 0 Å². The van der Waals surface area contributed by atoms with Gasteiger partial charge in [-0.1, -0.05) is 53.7 Å². The Hall–Kier alpha value is -2.23. The van der Waals surface area contributed by atoms with Gasteiger partial charge in [-0.3, -0.25) is 0 Å². The molecule has 0 bridgehead atoms. The van der Waals surface area contributed by atoms with E-state index in [1.165, 1.54) is 12.1 Å². The number of carbonyl (C=O) groups excluding carboxylic acids is 1. The largest absolute Gasteiger partial charge is 0.661 e. The Labute approximate surface area is 137 Å². The summed E-state index contributed by atoms with van der Waals surface area (Å²) in [5.41, 5.74) is 0.822. The van der Waals surface area contributed by atoms with Gasteiger partial charge in [-0.05, 0) is 34.7 Å². The maximum absolute atomic E-state index is 12.3. The van der Waals surface area contributed by atoms with Crippen LogP contribution in [0.15, 0.2) is 42.6 Å². The number of hydrogen-bond donors (Lipinski definition) is 0. The minimum Gasteiger partial charge on any atom is -0.661 e. The molecule has 0 aliphatic carbocycles. The summed E-state index contributed by atoms with van der Waals surface area (Å²) in [7, 11) is 0. The summed E-state index contributed by atoms with van der Waals surface area (Å²) in [5, 5.41) is 6.59. The van der Waals surface area contributed by atoms with Crippen molar-refractivity contribution in [2.24, 2.45) is 0 Å². The second-order valence-corrected chi connectivity index (χ2v) is 5.48. The summed E-state index contributed by atoms with van der Waals surface area (Å²) < 4.78 is 5.43. The fraction of sp³-hybridized carbons (Fsp3) is 0. The molecular formula is C17H10Cl2NO2-. The number of fused-ring (bicyclic) bond motifs is 1. The molecular weight excluding hydrogens is 321 g/mol. The van der Waals surface area contributed by atoms with Crippen molar-refractivity contribution in [3.8, 4) is 5.75 Å². The number of benzene rings is 2. The molecule has 2 aromatic rings. The Bertz CT molecular complexity index is 904. The molecule has 1 aliphatic heterocycles. The van der Waals surface area contributed by atoms with E-state index in [9.17, 15) is 4.79 Å². The third-order valence-corrected chi connectivity index (χ3v) is 3.72. The van der Waals surface area contributed by atoms with Gasteiger partial charge in [0.25, 0.3) is 0 Å². The molecule has 110 valence electrons. The summed E-state index contributed by atoms with van der Waals surface area (Å²) in [6.07, 6.45) is 5.31. The smallest absolute Gasteiger partial charge is 0.345 e. The van der Waals surface area contributed by atoms with Crippen molar-refractivity contribution in [3.05, 3.63) is 74.0 Å². The first-order valence-corrected chi connectivity index (χ1v) is 7.19. The van der Waals surface area contributed by atoms with Gasteiger partial charge in [0.1, 0.15) is 5.75 Å². The predicted molar refractivity (Wildman–Crippen MR) is 89.3 cm³/mol. The molecule has 0 unspecified atom stereocenters. The molecule has 0 fully saturated rings. The molecule has 0 amide bonds. The van der Waals surface area contributed by atoms with E-state index < -0.39 is 5.97 Å². The standard InChI is InChI=1S/C17H10Cl2NO2/c1-10-4-7-15(16-12(10)3-2-8-20-16)22-17(21)13-6-5-11(18)9-14(13)19/h2-9H,1H2/q-1. The van der Waals surface area contributed by atoms with Gasteiger partial charge in [0.15, 0.2) is 0 Å². The number of allylic oxidation sites excluding steroid dienone is 1. The van der Waals surface area contributed by atoms with E-state index in [0.717, 1.165) is 10.4 Å². The van der Waals surface area contributed by atoms with Gasteiger partial charge in [-0.25, -0.2) is 4.79 Å². The van der Waals surface area contributed by atoms with Crippen LogP contribution in [0.3, 0.4) is 0 Å². The molecule has 5 heteroatoms. The minimum absolute atomic E-state index is 0.239. The van der Waals surface area contributed by atoms with Crippen LogP contribution in [0, 0.1) is 0 Å². The first kappa shape index (κ1) is 14.7. The van der Waals surface area contributed by atoms with Gasteiger partial charge in [0.2, 0.25) is 0 Å². The van der Waals surface area contributed by atoms with E-state index >= 15 is 0 Å². The molecule has 0 saturated carbocycles. The van der Waals surface area contributed by atoms with Gasteiger partial charge in [0.05, 0.1) is 10.6 Å². The number of rotatable bonds is 2. The Morgan fingerprint density at radius 2 is 2.00 bits per heavy atom. The Balaban J connectivity index is 1.98. The molecule has 22 heavy (non-hydrogen) atoms. The molecule has 0 aromatic heterocycles. The highest BCUT2D eigenvalue weighted by molar-refractivity contribution is 6.36. The van der Waals surface area contributed by atoms with E-state index in [-0.39, 0.29) is 10.6 Å².